The zero-order valence-corrected chi connectivity index (χ0v) is 46.5. The van der Waals surface area contributed by atoms with Crippen LogP contribution < -0.4 is 21.3 Å². The molecular formula is C59H73F6N9O9. The van der Waals surface area contributed by atoms with Crippen LogP contribution in [0.3, 0.4) is 0 Å². The minimum atomic E-state index is -5.19. The third-order valence-corrected chi connectivity index (χ3v) is 20.9. The van der Waals surface area contributed by atoms with E-state index in [1.54, 1.807) is 45.4 Å². The molecule has 83 heavy (non-hydrogen) atoms. The highest BCUT2D eigenvalue weighted by Crippen LogP contribution is 2.65. The number of hydrogen-bond donors (Lipinski definition) is 6. The fourth-order valence-electron chi connectivity index (χ4n) is 18.3. The number of hydrogen-bond acceptors (Lipinski definition) is 11. The van der Waals surface area contributed by atoms with Crippen LogP contribution in [0.5, 0.6) is 0 Å². The fraction of sp³-hybridized carbons (Fsp3) is 0.746. The Balaban J connectivity index is 0.000000174. The maximum absolute atomic E-state index is 14.4. The Morgan fingerprint density at radius 1 is 0.627 bits per heavy atom. The van der Waals surface area contributed by atoms with Crippen LogP contribution in [0, 0.1) is 74.9 Å². The molecule has 1 aromatic rings. The standard InChI is InChI=1S/C30H40F3N5O5.C29H33F3N4O4/c1-15(2)22(35-27(42)30(31,32)33)25(40)37-5-3-4-20(37)24(39)36-23(26(41)38-19(13-34)7-18-8-21(18)38)28-9-16-6-17(10-28)12-29(43,11-16)14-28;30-29(31,32)26(39)34-21(7-16-4-2-1-3-5-16)24(37)35-23(25(38)36-20(14-33)8-19-9-22(19)36)27-10-17-6-18(11-27)13-28(40,12-17)15-27/h15-23,43H,3-12,14H2,1-2H3,(H,35,42)(H,36,39);1-5,17-23,40H,6-13,15H2,(H,34,39)(H,35,37)/t16?,17?,18?,19?,20?,21?,22-,23?,28?,29?;/m1./s1. The summed E-state index contributed by atoms with van der Waals surface area (Å²) in [6.45, 7) is 3.16. The van der Waals surface area contributed by atoms with Gasteiger partial charge in [-0.2, -0.15) is 36.9 Å². The topological polar surface area (TPSA) is 265 Å². The molecule has 14 unspecified atom stereocenters. The Labute approximate surface area is 477 Å². The summed E-state index contributed by atoms with van der Waals surface area (Å²) >= 11 is 0. The molecule has 13 aliphatic rings. The molecule has 18 nitrogen and oxygen atoms in total. The number of nitrogens with one attached hydrogen (secondary N) is 4. The van der Waals surface area contributed by atoms with Crippen molar-refractivity contribution < 1.29 is 70.1 Å². The molecule has 10 aliphatic carbocycles. The molecule has 8 bridgehead atoms. The Bertz CT molecular complexity index is 2850. The van der Waals surface area contributed by atoms with Crippen molar-refractivity contribution in [2.24, 2.45) is 52.3 Å². The number of carbonyl (C=O) groups is 7. The molecule has 13 fully saturated rings. The van der Waals surface area contributed by atoms with Gasteiger partial charge in [-0.15, -0.1) is 0 Å². The Hall–Kier alpha value is -6.01. The molecule has 3 aliphatic heterocycles. The van der Waals surface area contributed by atoms with E-state index in [1.165, 1.54) is 18.7 Å². The smallest absolute Gasteiger partial charge is 0.390 e. The molecule has 0 spiro atoms. The van der Waals surface area contributed by atoms with E-state index in [-0.39, 0.29) is 72.9 Å². The van der Waals surface area contributed by atoms with Gasteiger partial charge in [0, 0.05) is 35.9 Å². The summed E-state index contributed by atoms with van der Waals surface area (Å²) in [4.78, 5) is 98.0. The van der Waals surface area contributed by atoms with E-state index in [9.17, 15) is 80.6 Å². The third kappa shape index (κ3) is 11.3. The van der Waals surface area contributed by atoms with Crippen molar-refractivity contribution in [3.8, 4) is 12.1 Å². The van der Waals surface area contributed by atoms with E-state index in [2.05, 4.69) is 22.8 Å². The van der Waals surface area contributed by atoms with Crippen LogP contribution in [-0.4, -0.2) is 151 Å². The fourth-order valence-corrected chi connectivity index (χ4v) is 18.3. The van der Waals surface area contributed by atoms with Crippen molar-refractivity contribution in [1.29, 1.82) is 10.5 Å². The average molecular weight is 1170 g/mol. The number of likely N-dealkylation sites (tertiary alicyclic amines) is 3. The van der Waals surface area contributed by atoms with Crippen molar-refractivity contribution in [3.63, 3.8) is 0 Å². The quantitative estimate of drug-likeness (QED) is 0.140. The summed E-state index contributed by atoms with van der Waals surface area (Å²) in [7, 11) is 0. The number of halogens is 6. The van der Waals surface area contributed by atoms with E-state index in [0.29, 0.717) is 89.0 Å². The lowest BCUT2D eigenvalue weighted by Crippen LogP contribution is -2.68. The summed E-state index contributed by atoms with van der Waals surface area (Å²) in [5, 5.41) is 51.9. The van der Waals surface area contributed by atoms with Crippen LogP contribution in [0.1, 0.15) is 135 Å². The summed E-state index contributed by atoms with van der Waals surface area (Å²) in [5.41, 5.74) is -2.78. The molecule has 3 heterocycles. The lowest BCUT2D eigenvalue weighted by molar-refractivity contribution is -0.183. The third-order valence-electron chi connectivity index (χ3n) is 20.9. The highest BCUT2D eigenvalue weighted by atomic mass is 19.4. The number of piperidine rings is 2. The number of alkyl halides is 6. The number of benzene rings is 1. The maximum atomic E-state index is 14.4. The van der Waals surface area contributed by atoms with Gasteiger partial charge >= 0.3 is 24.2 Å². The maximum Gasteiger partial charge on any atom is 0.471 e. The van der Waals surface area contributed by atoms with Crippen LogP contribution >= 0.6 is 0 Å². The first-order valence-corrected chi connectivity index (χ1v) is 29.6. The summed E-state index contributed by atoms with van der Waals surface area (Å²) in [5.74, 6) is -6.75. The van der Waals surface area contributed by atoms with Gasteiger partial charge in [-0.25, -0.2) is 0 Å². The molecule has 0 radical (unpaired) electrons. The summed E-state index contributed by atoms with van der Waals surface area (Å²) < 4.78 is 78.7. The van der Waals surface area contributed by atoms with E-state index in [1.807, 2.05) is 5.32 Å². The Kier molecular flexibility index (Phi) is 15.0. The highest BCUT2D eigenvalue weighted by Gasteiger charge is 2.66. The first-order valence-electron chi connectivity index (χ1n) is 29.6. The van der Waals surface area contributed by atoms with Crippen molar-refractivity contribution >= 4 is 41.4 Å². The molecule has 6 N–H and O–H groups in total. The molecule has 15 atom stereocenters. The zero-order valence-electron chi connectivity index (χ0n) is 46.5. The van der Waals surface area contributed by atoms with E-state index in [0.717, 1.165) is 25.7 Å². The lowest BCUT2D eigenvalue weighted by Gasteiger charge is -2.62. The number of amides is 7. The average Bonchev–Trinajstić information content (AvgIpc) is 1.42. The lowest BCUT2D eigenvalue weighted by atomic mass is 9.46. The summed E-state index contributed by atoms with van der Waals surface area (Å²) in [6, 6.07) is 5.30. The number of nitrogens with zero attached hydrogens (tertiary/aromatic N) is 5. The van der Waals surface area contributed by atoms with Crippen LogP contribution in [-0.2, 0) is 40.0 Å². The van der Waals surface area contributed by atoms with Gasteiger partial charge in [0.1, 0.15) is 42.3 Å². The van der Waals surface area contributed by atoms with Gasteiger partial charge in [-0.1, -0.05) is 44.2 Å². The number of fused-ring (bicyclic) bond motifs is 2. The second-order valence-electron chi connectivity index (χ2n) is 27.5. The molecule has 1 aromatic carbocycles. The van der Waals surface area contributed by atoms with Gasteiger partial charge < -0.3 is 46.2 Å². The van der Waals surface area contributed by atoms with Crippen molar-refractivity contribution in [1.82, 2.24) is 36.0 Å². The summed E-state index contributed by atoms with van der Waals surface area (Å²) in [6.07, 6.45) is 0.651. The van der Waals surface area contributed by atoms with Crippen molar-refractivity contribution in [2.45, 2.75) is 214 Å². The second-order valence-corrected chi connectivity index (χ2v) is 27.5. The van der Waals surface area contributed by atoms with E-state index >= 15 is 0 Å². The number of carbonyl (C=O) groups excluding carboxylic acids is 7. The molecule has 10 saturated carbocycles. The molecular weight excluding hydrogens is 1090 g/mol. The van der Waals surface area contributed by atoms with Crippen molar-refractivity contribution in [2.75, 3.05) is 6.54 Å². The molecule has 7 amide bonds. The monoisotopic (exact) mass is 1170 g/mol. The van der Waals surface area contributed by atoms with Gasteiger partial charge in [0.2, 0.25) is 29.5 Å². The SMILES string of the molecule is CC(C)[C@@H](NC(=O)C(F)(F)F)C(=O)N1CCCC1C(=O)NC(C(=O)N1C(C#N)CC2CC21)C12CC3CC(CC(O)(C3)C1)C2.N#CC1CC2CC2N1C(=O)C(NC(=O)C(Cc1ccccc1)NC(=O)C(F)(F)F)C12CC3CC(CC(O)(C3)C1)C2. The largest absolute Gasteiger partial charge is 0.471 e. The van der Waals surface area contributed by atoms with Gasteiger partial charge in [0.05, 0.1) is 23.3 Å². The predicted octanol–water partition coefficient (Wildman–Crippen LogP) is 4.61. The van der Waals surface area contributed by atoms with E-state index in [4.69, 9.17) is 0 Å². The van der Waals surface area contributed by atoms with Crippen LogP contribution in [0.4, 0.5) is 26.3 Å². The zero-order chi connectivity index (χ0) is 59.5. The molecule has 24 heteroatoms. The van der Waals surface area contributed by atoms with Crippen LogP contribution in [0.25, 0.3) is 0 Å². The van der Waals surface area contributed by atoms with E-state index < -0.39 is 118 Å². The first kappa shape index (κ1) is 58.8. The van der Waals surface area contributed by atoms with Crippen LogP contribution in [0.2, 0.25) is 0 Å². The van der Waals surface area contributed by atoms with Crippen molar-refractivity contribution in [3.05, 3.63) is 35.9 Å². The number of nitriles is 2. The Morgan fingerprint density at radius 3 is 1.52 bits per heavy atom. The number of aliphatic hydroxyl groups is 2. The van der Waals surface area contributed by atoms with Gasteiger partial charge in [0.15, 0.2) is 0 Å². The predicted molar refractivity (Wildman–Crippen MR) is 279 cm³/mol. The normalized spacial score (nSPS) is 37.8. The van der Waals surface area contributed by atoms with Gasteiger partial charge in [-0.3, -0.25) is 33.6 Å². The molecule has 0 aromatic heterocycles. The van der Waals surface area contributed by atoms with Crippen LogP contribution in [0.15, 0.2) is 30.3 Å². The minimum Gasteiger partial charge on any atom is -0.390 e. The second kappa shape index (κ2) is 21.2. The Morgan fingerprint density at radius 2 is 1.08 bits per heavy atom. The van der Waals surface area contributed by atoms with Gasteiger partial charge in [-0.05, 0) is 163 Å². The van der Waals surface area contributed by atoms with Gasteiger partial charge in [0.25, 0.3) is 0 Å². The first-order chi connectivity index (χ1) is 39.0. The molecule has 3 saturated heterocycles. The number of rotatable bonds is 14. The molecule has 450 valence electrons. The highest BCUT2D eigenvalue weighted by molar-refractivity contribution is 5.97. The molecule has 14 rings (SSSR count). The minimum absolute atomic E-state index is 0.0397.